The first kappa shape index (κ1) is 23.2. The van der Waals surface area contributed by atoms with Crippen molar-refractivity contribution in [2.45, 2.75) is 26.9 Å². The highest BCUT2D eigenvalue weighted by atomic mass is 79.9. The third kappa shape index (κ3) is 7.06. The monoisotopic (exact) mass is 493 g/mol. The van der Waals surface area contributed by atoms with Gasteiger partial charge in [-0.15, -0.1) is 0 Å². The van der Waals surface area contributed by atoms with E-state index < -0.39 is 11.8 Å². The van der Waals surface area contributed by atoms with Gasteiger partial charge in [0.25, 0.3) is 0 Å². The van der Waals surface area contributed by atoms with Crippen LogP contribution in [0.1, 0.15) is 28.7 Å². The number of amides is 2. The molecule has 0 atom stereocenters. The molecule has 0 unspecified atom stereocenters. The van der Waals surface area contributed by atoms with E-state index in [1.165, 1.54) is 11.8 Å². The summed E-state index contributed by atoms with van der Waals surface area (Å²) < 4.78 is 6.63. The maximum absolute atomic E-state index is 12.0. The number of halogens is 1. The zero-order valence-corrected chi connectivity index (χ0v) is 19.5. The lowest BCUT2D eigenvalue weighted by Crippen LogP contribution is -2.24. The number of anilines is 1. The van der Waals surface area contributed by atoms with E-state index in [-0.39, 0.29) is 6.42 Å². The summed E-state index contributed by atoms with van der Waals surface area (Å²) in [6.07, 6.45) is 1.19. The predicted molar refractivity (Wildman–Crippen MR) is 130 cm³/mol. The number of ether oxygens (including phenoxy) is 1. The average Bonchev–Trinajstić information content (AvgIpc) is 2.76. The summed E-state index contributed by atoms with van der Waals surface area (Å²) in [6.45, 7) is 4.40. The number of benzene rings is 3. The SMILES string of the molecule is Cc1ccc(COc2ccc(C=NNC(=O)CC(=O)Nc3ccccc3C)cc2Br)cc1. The van der Waals surface area contributed by atoms with Gasteiger partial charge in [-0.25, -0.2) is 5.43 Å². The molecule has 0 saturated heterocycles. The second-order valence-electron chi connectivity index (χ2n) is 7.30. The Balaban J connectivity index is 1.47. The summed E-state index contributed by atoms with van der Waals surface area (Å²) in [7, 11) is 0. The Hall–Kier alpha value is -3.45. The minimum absolute atomic E-state index is 0.318. The molecule has 7 heteroatoms. The summed E-state index contributed by atoms with van der Waals surface area (Å²) >= 11 is 3.50. The van der Waals surface area contributed by atoms with Gasteiger partial charge in [0.15, 0.2) is 0 Å². The van der Waals surface area contributed by atoms with E-state index in [4.69, 9.17) is 4.74 Å². The zero-order chi connectivity index (χ0) is 22.9. The molecular formula is C25H24BrN3O3. The zero-order valence-electron chi connectivity index (χ0n) is 17.9. The number of hydrogen-bond donors (Lipinski definition) is 2. The van der Waals surface area contributed by atoms with Crippen LogP contribution in [0.4, 0.5) is 5.69 Å². The van der Waals surface area contributed by atoms with Crippen LogP contribution in [-0.4, -0.2) is 18.0 Å². The Morgan fingerprint density at radius 1 is 1.00 bits per heavy atom. The van der Waals surface area contributed by atoms with Gasteiger partial charge in [-0.05, 0) is 70.7 Å². The molecule has 0 bridgehead atoms. The van der Waals surface area contributed by atoms with Crippen LogP contribution < -0.4 is 15.5 Å². The number of rotatable bonds is 8. The third-order valence-corrected chi connectivity index (χ3v) is 5.23. The molecule has 6 nitrogen and oxygen atoms in total. The molecule has 2 amide bonds. The number of carbonyl (C=O) groups excluding carboxylic acids is 2. The van der Waals surface area contributed by atoms with Crippen LogP contribution in [-0.2, 0) is 16.2 Å². The van der Waals surface area contributed by atoms with E-state index >= 15 is 0 Å². The highest BCUT2D eigenvalue weighted by molar-refractivity contribution is 9.10. The Morgan fingerprint density at radius 3 is 2.47 bits per heavy atom. The molecule has 0 aromatic heterocycles. The number of hydrogen-bond acceptors (Lipinski definition) is 4. The molecule has 3 rings (SSSR count). The Kier molecular flexibility index (Phi) is 8.16. The minimum atomic E-state index is -0.496. The van der Waals surface area contributed by atoms with Gasteiger partial charge >= 0.3 is 0 Å². The van der Waals surface area contributed by atoms with Gasteiger partial charge in [0.05, 0.1) is 10.7 Å². The third-order valence-electron chi connectivity index (χ3n) is 4.61. The number of hydrazone groups is 1. The molecule has 0 saturated carbocycles. The summed E-state index contributed by atoms with van der Waals surface area (Å²) in [5, 5.41) is 6.64. The fourth-order valence-corrected chi connectivity index (χ4v) is 3.34. The van der Waals surface area contributed by atoms with Crippen LogP contribution in [0, 0.1) is 13.8 Å². The average molecular weight is 494 g/mol. The maximum Gasteiger partial charge on any atom is 0.249 e. The van der Waals surface area contributed by atoms with E-state index in [2.05, 4.69) is 31.8 Å². The lowest BCUT2D eigenvalue weighted by Gasteiger charge is -2.09. The molecule has 0 radical (unpaired) electrons. The van der Waals surface area contributed by atoms with E-state index in [0.717, 1.165) is 21.2 Å². The van der Waals surface area contributed by atoms with E-state index in [1.807, 2.05) is 74.5 Å². The molecule has 2 N–H and O–H groups in total. The van der Waals surface area contributed by atoms with Crippen molar-refractivity contribution in [1.82, 2.24) is 5.43 Å². The van der Waals surface area contributed by atoms with E-state index in [0.29, 0.717) is 18.0 Å². The van der Waals surface area contributed by atoms with Crippen LogP contribution >= 0.6 is 15.9 Å². The summed E-state index contributed by atoms with van der Waals surface area (Å²) in [4.78, 5) is 24.0. The Morgan fingerprint density at radius 2 is 1.75 bits per heavy atom. The predicted octanol–water partition coefficient (Wildman–Crippen LogP) is 5.12. The normalized spacial score (nSPS) is 10.7. The molecule has 0 aliphatic carbocycles. The van der Waals surface area contributed by atoms with Gasteiger partial charge in [-0.1, -0.05) is 48.0 Å². The van der Waals surface area contributed by atoms with Crippen molar-refractivity contribution >= 4 is 39.6 Å². The van der Waals surface area contributed by atoms with E-state index in [9.17, 15) is 9.59 Å². The fourth-order valence-electron chi connectivity index (χ4n) is 2.83. The maximum atomic E-state index is 12.0. The van der Waals surface area contributed by atoms with Crippen molar-refractivity contribution < 1.29 is 14.3 Å². The second kappa shape index (κ2) is 11.2. The van der Waals surface area contributed by atoms with Crippen molar-refractivity contribution in [1.29, 1.82) is 0 Å². The first-order valence-corrected chi connectivity index (χ1v) is 10.9. The van der Waals surface area contributed by atoms with Crippen molar-refractivity contribution in [3.63, 3.8) is 0 Å². The molecule has 0 aliphatic rings. The largest absolute Gasteiger partial charge is 0.488 e. The topological polar surface area (TPSA) is 79.8 Å². The van der Waals surface area contributed by atoms with Gasteiger partial charge in [-0.3, -0.25) is 9.59 Å². The van der Waals surface area contributed by atoms with Gasteiger partial charge in [0.1, 0.15) is 18.8 Å². The molecule has 0 heterocycles. The molecule has 164 valence electrons. The van der Waals surface area contributed by atoms with Crippen molar-refractivity contribution in [2.24, 2.45) is 5.10 Å². The van der Waals surface area contributed by atoms with E-state index in [1.54, 1.807) is 6.07 Å². The number of carbonyl (C=O) groups is 2. The quantitative estimate of drug-likeness (QED) is 0.259. The number of nitrogens with one attached hydrogen (secondary N) is 2. The molecule has 0 aliphatic heterocycles. The number of nitrogens with zero attached hydrogens (tertiary/aromatic N) is 1. The first-order chi connectivity index (χ1) is 15.4. The second-order valence-corrected chi connectivity index (χ2v) is 8.15. The standard InChI is InChI=1S/C25H24BrN3O3/c1-17-7-9-19(10-8-17)16-32-23-12-11-20(13-21(23)26)15-27-29-25(31)14-24(30)28-22-6-4-3-5-18(22)2/h3-13,15H,14,16H2,1-2H3,(H,28,30)(H,29,31). The molecule has 32 heavy (non-hydrogen) atoms. The number of para-hydroxylation sites is 1. The smallest absolute Gasteiger partial charge is 0.249 e. The molecule has 0 fully saturated rings. The Bertz CT molecular complexity index is 1130. The highest BCUT2D eigenvalue weighted by Crippen LogP contribution is 2.26. The summed E-state index contributed by atoms with van der Waals surface area (Å²) in [5.74, 6) is -0.186. The lowest BCUT2D eigenvalue weighted by molar-refractivity contribution is -0.126. The lowest BCUT2D eigenvalue weighted by atomic mass is 10.2. The molecule has 3 aromatic carbocycles. The van der Waals surface area contributed by atoms with Crippen molar-refractivity contribution in [2.75, 3.05) is 5.32 Å². The first-order valence-electron chi connectivity index (χ1n) is 10.1. The van der Waals surface area contributed by atoms with Crippen LogP contribution in [0.3, 0.4) is 0 Å². The fraction of sp³-hybridized carbons (Fsp3) is 0.160. The van der Waals surface area contributed by atoms with Crippen LogP contribution in [0.15, 0.2) is 76.3 Å². The van der Waals surface area contributed by atoms with Crippen molar-refractivity contribution in [3.8, 4) is 5.75 Å². The van der Waals surface area contributed by atoms with Gasteiger partial charge in [-0.2, -0.15) is 5.10 Å². The molecule has 0 spiro atoms. The number of aryl methyl sites for hydroxylation is 2. The highest BCUT2D eigenvalue weighted by Gasteiger charge is 2.10. The van der Waals surface area contributed by atoms with Crippen LogP contribution in [0.25, 0.3) is 0 Å². The van der Waals surface area contributed by atoms with Crippen molar-refractivity contribution in [3.05, 3.63) is 93.5 Å². The summed E-state index contributed by atoms with van der Waals surface area (Å²) in [6, 6.07) is 21.0. The van der Waals surface area contributed by atoms with Crippen LogP contribution in [0.5, 0.6) is 5.75 Å². The van der Waals surface area contributed by atoms with Gasteiger partial charge < -0.3 is 10.1 Å². The minimum Gasteiger partial charge on any atom is -0.488 e. The molecular weight excluding hydrogens is 470 g/mol. The summed E-state index contributed by atoms with van der Waals surface area (Å²) in [5.41, 5.74) is 7.04. The Labute approximate surface area is 195 Å². The molecule has 3 aromatic rings. The van der Waals surface area contributed by atoms with Crippen LogP contribution in [0.2, 0.25) is 0 Å². The van der Waals surface area contributed by atoms with Gasteiger partial charge in [0.2, 0.25) is 11.8 Å². The van der Waals surface area contributed by atoms with Gasteiger partial charge in [0, 0.05) is 5.69 Å².